The summed E-state index contributed by atoms with van der Waals surface area (Å²) in [6, 6.07) is 5.23. The molecule has 1 amide bonds. The van der Waals surface area contributed by atoms with Gasteiger partial charge in [0.25, 0.3) is 5.91 Å². The molecule has 0 unspecified atom stereocenters. The molecule has 0 aliphatic carbocycles. The van der Waals surface area contributed by atoms with Crippen LogP contribution < -0.4 is 10.1 Å². The van der Waals surface area contributed by atoms with Gasteiger partial charge in [0.1, 0.15) is 5.75 Å². The molecule has 0 saturated carbocycles. The molecule has 1 saturated heterocycles. The zero-order valence-electron chi connectivity index (χ0n) is 12.6. The summed E-state index contributed by atoms with van der Waals surface area (Å²) in [6.45, 7) is 6.56. The molecule has 5 nitrogen and oxygen atoms in total. The fourth-order valence-electron chi connectivity index (χ4n) is 2.01. The number of ether oxygens (including phenoxy) is 2. The molecule has 0 radical (unpaired) electrons. The van der Waals surface area contributed by atoms with Crippen LogP contribution in [0.4, 0.5) is 0 Å². The Morgan fingerprint density at radius 3 is 2.68 bits per heavy atom. The van der Waals surface area contributed by atoms with E-state index in [1.807, 2.05) is 18.7 Å². The lowest BCUT2D eigenvalue weighted by molar-refractivity contribution is 0.0669. The second-order valence-electron chi connectivity index (χ2n) is 5.17. The summed E-state index contributed by atoms with van der Waals surface area (Å²) in [5.74, 6) is 0.482. The second kappa shape index (κ2) is 7.89. The topological polar surface area (TPSA) is 50.8 Å². The number of amides is 1. The lowest BCUT2D eigenvalue weighted by atomic mass is 10.2. The van der Waals surface area contributed by atoms with Crippen molar-refractivity contribution in [1.29, 1.82) is 0 Å². The molecular formula is C15H19BrN2O3S. The van der Waals surface area contributed by atoms with E-state index in [4.69, 9.17) is 21.7 Å². The van der Waals surface area contributed by atoms with Crippen molar-refractivity contribution in [2.45, 2.75) is 20.0 Å². The quantitative estimate of drug-likeness (QED) is 0.809. The Labute approximate surface area is 144 Å². The van der Waals surface area contributed by atoms with Crippen molar-refractivity contribution in [3.63, 3.8) is 0 Å². The first-order valence-electron chi connectivity index (χ1n) is 7.11. The van der Waals surface area contributed by atoms with Crippen LogP contribution in [0.2, 0.25) is 0 Å². The van der Waals surface area contributed by atoms with Crippen molar-refractivity contribution >= 4 is 39.2 Å². The maximum atomic E-state index is 12.3. The van der Waals surface area contributed by atoms with E-state index >= 15 is 0 Å². The van der Waals surface area contributed by atoms with Crippen molar-refractivity contribution in [2.75, 3.05) is 26.3 Å². The predicted octanol–water partition coefficient (Wildman–Crippen LogP) is 2.58. The molecule has 0 atom stereocenters. The molecule has 0 bridgehead atoms. The first-order valence-corrected chi connectivity index (χ1v) is 8.31. The monoisotopic (exact) mass is 386 g/mol. The molecule has 0 spiro atoms. The molecule has 1 aromatic rings. The Morgan fingerprint density at radius 2 is 2.09 bits per heavy atom. The number of nitrogens with zero attached hydrogens (tertiary/aromatic N) is 1. The van der Waals surface area contributed by atoms with Gasteiger partial charge in [-0.3, -0.25) is 10.1 Å². The molecule has 1 heterocycles. The molecule has 1 N–H and O–H groups in total. The first kappa shape index (κ1) is 17.2. The Hall–Kier alpha value is -1.18. The number of thiocarbonyl (C=S) groups is 1. The van der Waals surface area contributed by atoms with Gasteiger partial charge in [-0.05, 0) is 60.2 Å². The second-order valence-corrected chi connectivity index (χ2v) is 6.41. The van der Waals surface area contributed by atoms with Gasteiger partial charge in [0.2, 0.25) is 0 Å². The molecule has 0 aromatic heterocycles. The van der Waals surface area contributed by atoms with E-state index < -0.39 is 0 Å². The molecule has 1 aliphatic heterocycles. The Bertz CT molecular complexity index is 560. The Balaban J connectivity index is 2.00. The average Bonchev–Trinajstić information content (AvgIpc) is 2.49. The van der Waals surface area contributed by atoms with Crippen molar-refractivity contribution in [1.82, 2.24) is 10.2 Å². The van der Waals surface area contributed by atoms with Gasteiger partial charge in [0.15, 0.2) is 5.11 Å². The molecule has 2 rings (SSSR count). The highest BCUT2D eigenvalue weighted by Gasteiger charge is 2.17. The highest BCUT2D eigenvalue weighted by molar-refractivity contribution is 9.10. The minimum Gasteiger partial charge on any atom is -0.490 e. The van der Waals surface area contributed by atoms with Gasteiger partial charge in [-0.2, -0.15) is 0 Å². The van der Waals surface area contributed by atoms with Crippen LogP contribution in [0.25, 0.3) is 0 Å². The van der Waals surface area contributed by atoms with Crippen molar-refractivity contribution in [3.8, 4) is 5.75 Å². The molecule has 1 aromatic carbocycles. The maximum absolute atomic E-state index is 12.3. The summed E-state index contributed by atoms with van der Waals surface area (Å²) in [5.41, 5.74) is 0.526. The van der Waals surface area contributed by atoms with Crippen LogP contribution >= 0.6 is 28.1 Å². The SMILES string of the molecule is CC(C)Oc1ccc(C(=O)NC(=S)N2CCOCC2)cc1Br. The lowest BCUT2D eigenvalue weighted by Gasteiger charge is -2.28. The molecule has 1 aliphatic rings. The van der Waals surface area contributed by atoms with Crippen LogP contribution in [0.15, 0.2) is 22.7 Å². The van der Waals surface area contributed by atoms with Crippen molar-refractivity contribution in [3.05, 3.63) is 28.2 Å². The van der Waals surface area contributed by atoms with Crippen LogP contribution in [-0.2, 0) is 4.74 Å². The summed E-state index contributed by atoms with van der Waals surface area (Å²) in [7, 11) is 0. The van der Waals surface area contributed by atoms with Crippen LogP contribution in [0.3, 0.4) is 0 Å². The number of carbonyl (C=O) groups is 1. The first-order chi connectivity index (χ1) is 10.5. The normalized spacial score (nSPS) is 14.8. The summed E-state index contributed by atoms with van der Waals surface area (Å²) < 4.78 is 11.6. The Morgan fingerprint density at radius 1 is 1.41 bits per heavy atom. The van der Waals surface area contributed by atoms with Crippen LogP contribution in [0.5, 0.6) is 5.75 Å². The van der Waals surface area contributed by atoms with Crippen LogP contribution in [0.1, 0.15) is 24.2 Å². The van der Waals surface area contributed by atoms with Crippen LogP contribution in [0, 0.1) is 0 Å². The summed E-state index contributed by atoms with van der Waals surface area (Å²) in [4.78, 5) is 14.2. The van der Waals surface area contributed by atoms with Gasteiger partial charge in [0, 0.05) is 18.7 Å². The molecule has 7 heteroatoms. The predicted molar refractivity (Wildman–Crippen MR) is 92.4 cm³/mol. The van der Waals surface area contributed by atoms with Gasteiger partial charge >= 0.3 is 0 Å². The number of halogens is 1. The number of benzene rings is 1. The number of hydrogen-bond acceptors (Lipinski definition) is 4. The minimum absolute atomic E-state index is 0.0740. The molecule has 1 fully saturated rings. The molecule has 120 valence electrons. The molecule has 22 heavy (non-hydrogen) atoms. The summed E-state index contributed by atoms with van der Waals surface area (Å²) >= 11 is 8.69. The number of rotatable bonds is 3. The highest BCUT2D eigenvalue weighted by atomic mass is 79.9. The van der Waals surface area contributed by atoms with Gasteiger partial charge in [-0.25, -0.2) is 0 Å². The third kappa shape index (κ3) is 4.66. The van der Waals surface area contributed by atoms with Gasteiger partial charge in [0.05, 0.1) is 23.8 Å². The minimum atomic E-state index is -0.228. The fourth-order valence-corrected chi connectivity index (χ4v) is 2.75. The van der Waals surface area contributed by atoms with E-state index in [0.29, 0.717) is 42.7 Å². The highest BCUT2D eigenvalue weighted by Crippen LogP contribution is 2.26. The van der Waals surface area contributed by atoms with Gasteiger partial charge < -0.3 is 14.4 Å². The lowest BCUT2D eigenvalue weighted by Crippen LogP contribution is -2.47. The third-order valence-electron chi connectivity index (χ3n) is 3.08. The standard InChI is InChI=1S/C15H19BrN2O3S/c1-10(2)21-13-4-3-11(9-12(13)16)14(19)17-15(22)18-5-7-20-8-6-18/h3-4,9-10H,5-8H2,1-2H3,(H,17,19,22). The largest absolute Gasteiger partial charge is 0.490 e. The number of carbonyl (C=O) groups excluding carboxylic acids is 1. The zero-order valence-corrected chi connectivity index (χ0v) is 15.0. The number of nitrogens with one attached hydrogen (secondary N) is 1. The van der Waals surface area contributed by atoms with E-state index in [9.17, 15) is 4.79 Å². The zero-order chi connectivity index (χ0) is 16.1. The average molecular weight is 387 g/mol. The van der Waals surface area contributed by atoms with E-state index in [1.165, 1.54) is 0 Å². The Kier molecular flexibility index (Phi) is 6.16. The summed E-state index contributed by atoms with van der Waals surface area (Å²) in [5, 5.41) is 3.19. The third-order valence-corrected chi connectivity index (χ3v) is 4.06. The maximum Gasteiger partial charge on any atom is 0.257 e. The smallest absolute Gasteiger partial charge is 0.257 e. The van der Waals surface area contributed by atoms with Crippen molar-refractivity contribution < 1.29 is 14.3 Å². The van der Waals surface area contributed by atoms with E-state index in [1.54, 1.807) is 18.2 Å². The number of morpholine rings is 1. The van der Waals surface area contributed by atoms with Crippen molar-refractivity contribution in [2.24, 2.45) is 0 Å². The summed E-state index contributed by atoms with van der Waals surface area (Å²) in [6.07, 6.45) is 0.0740. The van der Waals surface area contributed by atoms with E-state index in [-0.39, 0.29) is 12.0 Å². The van der Waals surface area contributed by atoms with Gasteiger partial charge in [-0.1, -0.05) is 0 Å². The fraction of sp³-hybridized carbons (Fsp3) is 0.467. The van der Waals surface area contributed by atoms with Gasteiger partial charge in [-0.15, -0.1) is 0 Å². The molecular weight excluding hydrogens is 368 g/mol. The van der Waals surface area contributed by atoms with E-state index in [0.717, 1.165) is 4.47 Å². The van der Waals surface area contributed by atoms with Crippen LogP contribution in [-0.4, -0.2) is 48.3 Å². The number of hydrogen-bond donors (Lipinski definition) is 1. The van der Waals surface area contributed by atoms with E-state index in [2.05, 4.69) is 21.2 Å².